The minimum Gasteiger partial charge on any atom is -0.493 e. The summed E-state index contributed by atoms with van der Waals surface area (Å²) in [5, 5.41) is 18.1. The van der Waals surface area contributed by atoms with E-state index in [-0.39, 0.29) is 24.0 Å². The molecule has 2 N–H and O–H groups in total. The predicted molar refractivity (Wildman–Crippen MR) is 149 cm³/mol. The van der Waals surface area contributed by atoms with E-state index in [1.807, 2.05) is 53.8 Å². The van der Waals surface area contributed by atoms with Crippen LogP contribution in [0.15, 0.2) is 70.2 Å². The topological polar surface area (TPSA) is 145 Å². The lowest BCUT2D eigenvalue weighted by molar-refractivity contribution is -0.384. The van der Waals surface area contributed by atoms with E-state index < -0.39 is 10.8 Å². The average molecular weight is 628 g/mol. The molecule has 3 aromatic carbocycles. The van der Waals surface area contributed by atoms with Gasteiger partial charge in [-0.3, -0.25) is 19.7 Å². The minimum atomic E-state index is -0.624. The molecule has 0 atom stereocenters. The third kappa shape index (κ3) is 6.45. The molecule has 194 valence electrons. The molecule has 38 heavy (non-hydrogen) atoms. The van der Waals surface area contributed by atoms with Crippen LogP contribution in [0.4, 0.5) is 11.4 Å². The summed E-state index contributed by atoms with van der Waals surface area (Å²) in [6, 6.07) is 16.3. The van der Waals surface area contributed by atoms with Crippen molar-refractivity contribution in [3.63, 3.8) is 0 Å². The number of non-ortho nitro benzene ring substituents is 1. The molecule has 0 bridgehead atoms. The highest BCUT2D eigenvalue weighted by Crippen LogP contribution is 2.33. The molecule has 0 saturated heterocycles. The van der Waals surface area contributed by atoms with Crippen molar-refractivity contribution >= 4 is 63.0 Å². The Kier molecular flexibility index (Phi) is 8.21. The van der Waals surface area contributed by atoms with Crippen LogP contribution in [0.1, 0.15) is 21.7 Å². The first kappa shape index (κ1) is 26.6. The van der Waals surface area contributed by atoms with Crippen molar-refractivity contribution in [3.05, 3.63) is 91.2 Å². The molecule has 1 heterocycles. The van der Waals surface area contributed by atoms with E-state index in [0.29, 0.717) is 37.3 Å². The maximum Gasteiger partial charge on any atom is 0.307 e. The summed E-state index contributed by atoms with van der Waals surface area (Å²) in [7, 11) is 1.47. The number of carbonyl (C=O) groups excluding carboxylic acids is 2. The molecule has 0 unspecified atom stereocenters. The van der Waals surface area contributed by atoms with Gasteiger partial charge in [0.05, 0.1) is 21.8 Å². The molecule has 1 aromatic heterocycles. The van der Waals surface area contributed by atoms with Gasteiger partial charge in [0.1, 0.15) is 5.58 Å². The number of ether oxygens (including phenoxy) is 2. The molecule has 11 nitrogen and oxygen atoms in total. The van der Waals surface area contributed by atoms with E-state index in [2.05, 4.69) is 15.8 Å². The van der Waals surface area contributed by atoms with Crippen molar-refractivity contribution in [3.8, 4) is 11.5 Å². The number of aryl methyl sites for hydroxylation is 1. The number of hydrogen-bond donors (Lipinski definition) is 2. The number of nitrogens with zero attached hydrogens (tertiary/aromatic N) is 2. The number of methoxy groups -OCH3 is 1. The Labute approximate surface area is 230 Å². The van der Waals surface area contributed by atoms with Gasteiger partial charge in [-0.25, -0.2) is 5.43 Å². The lowest BCUT2D eigenvalue weighted by Crippen LogP contribution is -2.20. The number of nitrogens with one attached hydrogen (secondary N) is 2. The minimum absolute atomic E-state index is 0.0440. The number of nitro benzene ring substituents is 1. The molecule has 0 spiro atoms. The SMILES string of the molecule is COc1cc(/C=N\NC(=O)c2cc3cc([N+](=O)[O-])ccc3o2)cc(I)c1OCC(=O)Nc1ccc(C)cc1. The highest BCUT2D eigenvalue weighted by atomic mass is 127. The van der Waals surface area contributed by atoms with Gasteiger partial charge >= 0.3 is 5.91 Å². The van der Waals surface area contributed by atoms with Crippen molar-refractivity contribution in [1.82, 2.24) is 5.43 Å². The van der Waals surface area contributed by atoms with Crippen molar-refractivity contribution < 1.29 is 28.4 Å². The molecule has 0 aliphatic rings. The summed E-state index contributed by atoms with van der Waals surface area (Å²) in [4.78, 5) is 35.1. The molecular weight excluding hydrogens is 607 g/mol. The lowest BCUT2D eigenvalue weighted by atomic mass is 10.2. The number of furan rings is 1. The normalized spacial score (nSPS) is 10.9. The Hall–Kier alpha value is -4.46. The second kappa shape index (κ2) is 11.7. The predicted octanol–water partition coefficient (Wildman–Crippen LogP) is 5.04. The number of benzene rings is 3. The maximum atomic E-state index is 12.4. The fourth-order valence-corrected chi connectivity index (χ4v) is 4.18. The average Bonchev–Trinajstić information content (AvgIpc) is 3.33. The van der Waals surface area contributed by atoms with Crippen LogP contribution in [0, 0.1) is 20.6 Å². The monoisotopic (exact) mass is 628 g/mol. The quantitative estimate of drug-likeness (QED) is 0.114. The second-order valence-electron chi connectivity index (χ2n) is 8.03. The number of rotatable bonds is 9. The number of hydrogen-bond acceptors (Lipinski definition) is 8. The van der Waals surface area contributed by atoms with Crippen LogP contribution in [-0.2, 0) is 4.79 Å². The van der Waals surface area contributed by atoms with E-state index >= 15 is 0 Å². The molecular formula is C26H21IN4O7. The first-order valence-corrected chi connectivity index (χ1v) is 12.2. The summed E-state index contributed by atoms with van der Waals surface area (Å²) in [5.74, 6) is -0.213. The number of amides is 2. The first-order chi connectivity index (χ1) is 18.2. The van der Waals surface area contributed by atoms with Crippen LogP contribution < -0.4 is 20.2 Å². The summed E-state index contributed by atoms with van der Waals surface area (Å²) in [6.07, 6.45) is 1.41. The van der Waals surface area contributed by atoms with Gasteiger partial charge in [-0.2, -0.15) is 5.10 Å². The van der Waals surface area contributed by atoms with Crippen molar-refractivity contribution in [2.24, 2.45) is 5.10 Å². The Morgan fingerprint density at radius 2 is 1.89 bits per heavy atom. The number of nitro groups is 1. The van der Waals surface area contributed by atoms with E-state index in [9.17, 15) is 19.7 Å². The molecule has 2 amide bonds. The zero-order valence-electron chi connectivity index (χ0n) is 20.2. The van der Waals surface area contributed by atoms with Crippen LogP contribution >= 0.6 is 22.6 Å². The number of halogens is 1. The van der Waals surface area contributed by atoms with Crippen molar-refractivity contribution in [2.45, 2.75) is 6.92 Å². The molecule has 0 aliphatic heterocycles. The molecule has 4 rings (SSSR count). The Bertz CT molecular complexity index is 1550. The second-order valence-corrected chi connectivity index (χ2v) is 9.19. The summed E-state index contributed by atoms with van der Waals surface area (Å²) in [5.41, 5.74) is 4.95. The molecule has 12 heteroatoms. The number of carbonyl (C=O) groups is 2. The van der Waals surface area contributed by atoms with E-state index in [4.69, 9.17) is 13.9 Å². The Morgan fingerprint density at radius 1 is 1.13 bits per heavy atom. The largest absolute Gasteiger partial charge is 0.493 e. The third-order valence-corrected chi connectivity index (χ3v) is 6.05. The van der Waals surface area contributed by atoms with Crippen LogP contribution in [0.5, 0.6) is 11.5 Å². The first-order valence-electron chi connectivity index (χ1n) is 11.1. The molecule has 0 aliphatic carbocycles. The van der Waals surface area contributed by atoms with Gasteiger partial charge in [0, 0.05) is 23.2 Å². The number of fused-ring (bicyclic) bond motifs is 1. The fourth-order valence-electron chi connectivity index (χ4n) is 3.40. The van der Waals surface area contributed by atoms with Gasteiger partial charge in [0.25, 0.3) is 11.6 Å². The van der Waals surface area contributed by atoms with Crippen molar-refractivity contribution in [1.29, 1.82) is 0 Å². The highest BCUT2D eigenvalue weighted by molar-refractivity contribution is 14.1. The molecule has 4 aromatic rings. The zero-order valence-corrected chi connectivity index (χ0v) is 22.3. The molecule has 0 fully saturated rings. The van der Waals surface area contributed by atoms with Gasteiger partial charge in [0.2, 0.25) is 0 Å². The zero-order chi connectivity index (χ0) is 27.2. The molecule has 0 saturated carbocycles. The van der Waals surface area contributed by atoms with Gasteiger partial charge in [0.15, 0.2) is 23.9 Å². The van der Waals surface area contributed by atoms with Gasteiger partial charge in [-0.15, -0.1) is 0 Å². The van der Waals surface area contributed by atoms with Gasteiger partial charge in [-0.1, -0.05) is 17.7 Å². The number of hydrazone groups is 1. The fraction of sp³-hybridized carbons (Fsp3) is 0.115. The summed E-state index contributed by atoms with van der Waals surface area (Å²) >= 11 is 2.05. The summed E-state index contributed by atoms with van der Waals surface area (Å²) < 4.78 is 17.2. The smallest absolute Gasteiger partial charge is 0.307 e. The lowest BCUT2D eigenvalue weighted by Gasteiger charge is -2.13. The Morgan fingerprint density at radius 3 is 2.61 bits per heavy atom. The van der Waals surface area contributed by atoms with E-state index in [0.717, 1.165) is 5.56 Å². The standard InChI is InChI=1S/C26H21IN4O7/c1-15-3-5-18(6-4-15)29-24(32)14-37-25-20(27)9-16(10-22(25)36-2)13-28-30-26(33)23-12-17-11-19(31(34)35)7-8-21(17)38-23/h3-13H,14H2,1-2H3,(H,29,32)(H,30,33)/b28-13-. The van der Waals surface area contributed by atoms with Crippen molar-refractivity contribution in [2.75, 3.05) is 19.0 Å². The van der Waals surface area contributed by atoms with Crippen LogP contribution in [0.2, 0.25) is 0 Å². The van der Waals surface area contributed by atoms with Crippen LogP contribution in [0.3, 0.4) is 0 Å². The highest BCUT2D eigenvalue weighted by Gasteiger charge is 2.16. The van der Waals surface area contributed by atoms with E-state index in [1.54, 1.807) is 12.1 Å². The summed E-state index contributed by atoms with van der Waals surface area (Å²) in [6.45, 7) is 1.74. The molecule has 0 radical (unpaired) electrons. The van der Waals surface area contributed by atoms with Crippen LogP contribution in [-0.4, -0.2) is 36.7 Å². The van der Waals surface area contributed by atoms with Crippen LogP contribution in [0.25, 0.3) is 11.0 Å². The Balaban J connectivity index is 1.39. The number of anilines is 1. The van der Waals surface area contributed by atoms with E-state index in [1.165, 1.54) is 37.6 Å². The third-order valence-electron chi connectivity index (χ3n) is 5.25. The maximum absolute atomic E-state index is 12.4. The van der Waals surface area contributed by atoms with Gasteiger partial charge in [-0.05, 0) is 71.5 Å². The van der Waals surface area contributed by atoms with Gasteiger partial charge < -0.3 is 19.2 Å².